The van der Waals surface area contributed by atoms with Crippen molar-refractivity contribution in [1.82, 2.24) is 27.4 Å². The molecule has 0 aliphatic rings. The van der Waals surface area contributed by atoms with Crippen molar-refractivity contribution in [2.45, 2.75) is 0 Å². The normalized spacial score (nSPS) is 11.7. The molecule has 30 rings (SSSR count). The molecule has 0 N–H and O–H groups in total. The maximum absolute atomic E-state index is 2.43. The molecular formula is C140H92N6. The van der Waals surface area contributed by atoms with Gasteiger partial charge in [-0.15, -0.1) is 0 Å². The minimum absolute atomic E-state index is 1.15. The van der Waals surface area contributed by atoms with Crippen molar-refractivity contribution in [2.75, 3.05) is 0 Å². The predicted octanol–water partition coefficient (Wildman–Crippen LogP) is 37.6. The molecule has 30 aromatic rings. The fraction of sp³-hybridized carbons (Fsp3) is 0. The fourth-order valence-corrected chi connectivity index (χ4v) is 23.1. The lowest BCUT2D eigenvalue weighted by molar-refractivity contribution is 1.18. The Morgan fingerprint density at radius 1 is 0.0959 bits per heavy atom. The van der Waals surface area contributed by atoms with Crippen LogP contribution in [0.25, 0.3) is 264 Å². The van der Waals surface area contributed by atoms with E-state index in [9.17, 15) is 0 Å². The lowest BCUT2D eigenvalue weighted by Gasteiger charge is -2.14. The van der Waals surface area contributed by atoms with Crippen LogP contribution in [0, 0.1) is 0 Å². The van der Waals surface area contributed by atoms with Crippen LogP contribution in [-0.2, 0) is 0 Å². The van der Waals surface area contributed by atoms with Crippen molar-refractivity contribution in [3.05, 3.63) is 558 Å². The molecule has 0 spiro atoms. The highest BCUT2D eigenvalue weighted by Gasteiger charge is 2.25. The summed E-state index contributed by atoms with van der Waals surface area (Å²) in [7, 11) is 0. The summed E-state index contributed by atoms with van der Waals surface area (Å²) in [4.78, 5) is 0. The van der Waals surface area contributed by atoms with E-state index in [1.165, 1.54) is 259 Å². The SMILES string of the molecule is c1ccc(-c2cc(-c3ccccc3)cc(-n3c4ccccc4c4cc(-c5ccc6c(c5)c5ccccc5n6-c5ccccc5)ccc43)c2)cc1.c1ccc(-c2cccc(-n3c4ccccc4c4cc(-c5ccc6c(c5)c5ccccc5n6-c5ccc6ccccc6c5)ccc43)c2)cc1.c1ccc(-c2ccccc2-n2c3ccccc3c3cc(-c4ccc5c(c4)c4ccccc4n5-c4ccc5ccccc5c4)ccc32)cc1. The minimum atomic E-state index is 1.15. The second kappa shape index (κ2) is 35.4. The molecule has 0 atom stereocenters. The van der Waals surface area contributed by atoms with Gasteiger partial charge in [-0.05, 0) is 276 Å². The van der Waals surface area contributed by atoms with Gasteiger partial charge < -0.3 is 27.4 Å². The van der Waals surface area contributed by atoms with E-state index in [4.69, 9.17) is 0 Å². The van der Waals surface area contributed by atoms with Gasteiger partial charge >= 0.3 is 0 Å². The summed E-state index contributed by atoms with van der Waals surface area (Å²) in [6.45, 7) is 0. The van der Waals surface area contributed by atoms with Crippen molar-refractivity contribution in [3.63, 3.8) is 0 Å². The fourth-order valence-electron chi connectivity index (χ4n) is 23.1. The monoisotopic (exact) mass is 1860 g/mol. The van der Waals surface area contributed by atoms with Gasteiger partial charge in [0.1, 0.15) is 0 Å². The van der Waals surface area contributed by atoms with Gasteiger partial charge in [0.05, 0.1) is 71.9 Å². The van der Waals surface area contributed by atoms with E-state index in [0.717, 1.165) is 5.69 Å². The number of rotatable bonds is 13. The molecule has 0 saturated heterocycles. The van der Waals surface area contributed by atoms with E-state index in [2.05, 4.69) is 586 Å². The molecule has 0 radical (unpaired) electrons. The molecule has 0 aliphatic heterocycles. The zero-order valence-corrected chi connectivity index (χ0v) is 79.8. The quantitative estimate of drug-likeness (QED) is 0.110. The molecule has 24 aromatic carbocycles. The van der Waals surface area contributed by atoms with Gasteiger partial charge in [-0.1, -0.05) is 376 Å². The summed E-state index contributed by atoms with van der Waals surface area (Å²) in [6, 6.07) is 203. The van der Waals surface area contributed by atoms with Crippen LogP contribution in [0.5, 0.6) is 0 Å². The molecule has 0 saturated carbocycles. The third-order valence-corrected chi connectivity index (χ3v) is 29.9. The maximum atomic E-state index is 2.43. The van der Waals surface area contributed by atoms with Crippen LogP contribution in [0.3, 0.4) is 0 Å². The molecule has 146 heavy (non-hydrogen) atoms. The van der Waals surface area contributed by atoms with E-state index >= 15 is 0 Å². The van der Waals surface area contributed by atoms with Crippen molar-refractivity contribution < 1.29 is 0 Å². The van der Waals surface area contributed by atoms with Crippen molar-refractivity contribution in [3.8, 4) is 112 Å². The maximum Gasteiger partial charge on any atom is 0.0541 e. The molecule has 6 heterocycles. The van der Waals surface area contributed by atoms with Crippen molar-refractivity contribution >= 4 is 152 Å². The van der Waals surface area contributed by atoms with Gasteiger partial charge in [0.2, 0.25) is 0 Å². The number of hydrogen-bond donors (Lipinski definition) is 0. The molecule has 0 amide bonds. The van der Waals surface area contributed by atoms with Crippen LogP contribution >= 0.6 is 0 Å². The zero-order chi connectivity index (χ0) is 96.2. The van der Waals surface area contributed by atoms with E-state index in [-0.39, 0.29) is 0 Å². The summed E-state index contributed by atoms with van der Waals surface area (Å²) >= 11 is 0. The molecule has 0 fully saturated rings. The van der Waals surface area contributed by atoms with E-state index < -0.39 is 0 Å². The standard InChI is InChI=1S/C48H32N2.2C46H30N2/c1-4-14-33(15-5-1)37-28-38(34-16-6-2-7-17-34)30-40(29-37)50-46-23-13-11-21-42(46)44-32-36(25-27-48(44)50)35-24-26-47-43(31-35)41-20-10-12-22-45(41)49(47)39-18-8-3-9-19-39;1-2-13-32(14-3-1)37-16-6-9-19-42(37)48-44-21-11-8-18-39(44)41-30-35(24-27-46(41)48)34-23-26-45-40(29-34)38-17-7-10-20-43(38)47(45)36-25-22-31-12-4-5-15-33(31)28-36;1-2-11-31(12-3-1)34-15-10-16-37(27-34)47-43-19-8-6-17-39(43)41-29-35(22-25-45(41)47)36-23-26-46-42(30-36)40-18-7-9-20-44(40)48(46)38-24-21-32-13-4-5-14-33(32)28-38/h1-32H;2*1-30H. The van der Waals surface area contributed by atoms with Crippen LogP contribution in [0.15, 0.2) is 558 Å². The Labute approximate surface area is 843 Å². The van der Waals surface area contributed by atoms with Crippen LogP contribution in [0.2, 0.25) is 0 Å². The summed E-state index contributed by atoms with van der Waals surface area (Å²) in [5.74, 6) is 0. The Kier molecular flexibility index (Phi) is 20.5. The Bertz CT molecular complexity index is 10300. The molecule has 6 nitrogen and oxygen atoms in total. The number of aromatic nitrogens is 6. The van der Waals surface area contributed by atoms with E-state index in [1.807, 2.05) is 0 Å². The largest absolute Gasteiger partial charge is 0.309 e. The first-order valence-electron chi connectivity index (χ1n) is 50.2. The third kappa shape index (κ3) is 14.6. The first-order chi connectivity index (χ1) is 72.4. The van der Waals surface area contributed by atoms with Crippen LogP contribution in [0.1, 0.15) is 0 Å². The Morgan fingerprint density at radius 2 is 0.329 bits per heavy atom. The third-order valence-electron chi connectivity index (χ3n) is 29.9. The van der Waals surface area contributed by atoms with Gasteiger partial charge in [0.15, 0.2) is 0 Å². The van der Waals surface area contributed by atoms with Gasteiger partial charge in [-0.2, -0.15) is 0 Å². The Morgan fingerprint density at radius 3 is 0.692 bits per heavy atom. The van der Waals surface area contributed by atoms with Gasteiger partial charge in [0, 0.05) is 98.6 Å². The first kappa shape index (κ1) is 84.7. The summed E-state index contributed by atoms with van der Waals surface area (Å²) in [5.41, 5.74) is 38.5. The second-order valence-corrected chi connectivity index (χ2v) is 38.2. The summed E-state index contributed by atoms with van der Waals surface area (Å²) < 4.78 is 14.4. The van der Waals surface area contributed by atoms with Gasteiger partial charge in [-0.25, -0.2) is 0 Å². The Balaban J connectivity index is 0.000000106. The molecule has 6 aromatic heterocycles. The van der Waals surface area contributed by atoms with Crippen molar-refractivity contribution in [2.24, 2.45) is 0 Å². The molecule has 682 valence electrons. The average molecular weight is 1860 g/mol. The molecular weight excluding hydrogens is 1770 g/mol. The van der Waals surface area contributed by atoms with Crippen LogP contribution in [0.4, 0.5) is 0 Å². The predicted molar refractivity (Wildman–Crippen MR) is 618 cm³/mol. The second-order valence-electron chi connectivity index (χ2n) is 38.2. The molecule has 0 aliphatic carbocycles. The average Bonchev–Trinajstić information content (AvgIpc) is 1.59. The number of para-hydroxylation sites is 8. The first-order valence-corrected chi connectivity index (χ1v) is 50.2. The number of fused-ring (bicyclic) bond motifs is 20. The smallest absolute Gasteiger partial charge is 0.0541 e. The number of benzene rings is 24. The van der Waals surface area contributed by atoms with Crippen LogP contribution < -0.4 is 0 Å². The summed E-state index contributed by atoms with van der Waals surface area (Å²) in [5, 5.41) is 20.1. The van der Waals surface area contributed by atoms with Gasteiger partial charge in [-0.3, -0.25) is 0 Å². The van der Waals surface area contributed by atoms with E-state index in [0.29, 0.717) is 0 Å². The number of nitrogens with zero attached hydrogens (tertiary/aromatic N) is 6. The molecule has 0 bridgehead atoms. The minimum Gasteiger partial charge on any atom is -0.309 e. The molecule has 6 heteroatoms. The lowest BCUT2D eigenvalue weighted by Crippen LogP contribution is -1.97. The van der Waals surface area contributed by atoms with Crippen molar-refractivity contribution in [1.29, 1.82) is 0 Å². The lowest BCUT2D eigenvalue weighted by atomic mass is 9.98. The van der Waals surface area contributed by atoms with Gasteiger partial charge in [0.25, 0.3) is 0 Å². The topological polar surface area (TPSA) is 29.6 Å². The Hall–Kier alpha value is -19.4. The van der Waals surface area contributed by atoms with E-state index in [1.54, 1.807) is 0 Å². The highest BCUT2D eigenvalue weighted by molar-refractivity contribution is 6.18. The zero-order valence-electron chi connectivity index (χ0n) is 79.8. The number of hydrogen-bond acceptors (Lipinski definition) is 0. The summed E-state index contributed by atoms with van der Waals surface area (Å²) in [6.07, 6.45) is 0. The molecule has 0 unspecified atom stereocenters. The highest BCUT2D eigenvalue weighted by atomic mass is 15.0. The highest BCUT2D eigenvalue weighted by Crippen LogP contribution is 2.47. The van der Waals surface area contributed by atoms with Crippen LogP contribution in [-0.4, -0.2) is 27.4 Å².